The molecule has 0 spiro atoms. The third kappa shape index (κ3) is 2.59. The zero-order valence-electron chi connectivity index (χ0n) is 12.2. The molecule has 1 aliphatic rings. The monoisotopic (exact) mass is 290 g/mol. The van der Waals surface area contributed by atoms with E-state index in [1.54, 1.807) is 24.3 Å². The normalized spacial score (nSPS) is 19.9. The fourth-order valence-electron chi connectivity index (χ4n) is 2.13. The smallest absolute Gasteiger partial charge is 0.272 e. The van der Waals surface area contributed by atoms with Crippen LogP contribution in [0.1, 0.15) is 28.9 Å². The molecule has 7 nitrogen and oxygen atoms in total. The van der Waals surface area contributed by atoms with E-state index in [0.29, 0.717) is 11.1 Å². The Hall–Kier alpha value is -2.41. The number of rotatable bonds is 2. The Kier molecular flexibility index (Phi) is 3.95. The summed E-state index contributed by atoms with van der Waals surface area (Å²) in [4.78, 5) is 36.7. The average molecular weight is 290 g/mol. The second-order valence-electron chi connectivity index (χ2n) is 5.01. The molecule has 7 heteroatoms. The third-order valence-electron chi connectivity index (χ3n) is 3.51. The molecule has 112 valence electrons. The van der Waals surface area contributed by atoms with Gasteiger partial charge in [0.1, 0.15) is 6.04 Å². The van der Waals surface area contributed by atoms with Gasteiger partial charge in [0.25, 0.3) is 11.8 Å². The first-order chi connectivity index (χ1) is 9.84. The van der Waals surface area contributed by atoms with Crippen LogP contribution in [-0.2, 0) is 9.59 Å². The van der Waals surface area contributed by atoms with Gasteiger partial charge in [-0.1, -0.05) is 18.2 Å². The number of likely N-dealkylation sites (N-methyl/N-ethyl adjacent to an activating group) is 1. The molecule has 1 heterocycles. The second kappa shape index (κ2) is 5.53. The molecule has 21 heavy (non-hydrogen) atoms. The summed E-state index contributed by atoms with van der Waals surface area (Å²) in [7, 11) is 2.99. The summed E-state index contributed by atoms with van der Waals surface area (Å²) in [5.74, 6) is -1.16. The molecule has 2 atom stereocenters. The van der Waals surface area contributed by atoms with Gasteiger partial charge in [-0.2, -0.15) is 0 Å². The van der Waals surface area contributed by atoms with Crippen LogP contribution in [0.2, 0.25) is 0 Å². The van der Waals surface area contributed by atoms with Crippen LogP contribution in [-0.4, -0.2) is 47.9 Å². The van der Waals surface area contributed by atoms with Gasteiger partial charge in [-0.3, -0.25) is 24.4 Å². The van der Waals surface area contributed by atoms with E-state index in [-0.39, 0.29) is 5.91 Å². The summed E-state index contributed by atoms with van der Waals surface area (Å²) in [6, 6.07) is 5.04. The lowest BCUT2D eigenvalue weighted by molar-refractivity contribution is -0.144. The van der Waals surface area contributed by atoms with Gasteiger partial charge >= 0.3 is 0 Å². The van der Waals surface area contributed by atoms with Crippen molar-refractivity contribution < 1.29 is 14.4 Å². The fraction of sp³-hybridized carbons (Fsp3) is 0.357. The summed E-state index contributed by atoms with van der Waals surface area (Å²) < 4.78 is 0. The molecule has 0 radical (unpaired) electrons. The number of nitrogens with two attached hydrogens (primary N) is 1. The first-order valence-electron chi connectivity index (χ1n) is 6.55. The predicted octanol–water partition coefficient (Wildman–Crippen LogP) is -0.350. The topological polar surface area (TPSA) is 95.7 Å². The van der Waals surface area contributed by atoms with E-state index < -0.39 is 23.9 Å². The number of hydrazine groups is 1. The standard InChI is InChI=1S/C14H18N4O3/c1-8(15)12(19)16-11-9-6-4-5-7-10(9)13(20)17(2)18(3)14(11)21/h4-8,11H,15H2,1-3H3,(H,16,19)/t8-,11?/m0/s1. The van der Waals surface area contributed by atoms with Crippen molar-refractivity contribution in [1.82, 2.24) is 15.3 Å². The number of carbonyl (C=O) groups excluding carboxylic acids is 3. The number of nitrogens with zero attached hydrogens (tertiary/aromatic N) is 2. The Morgan fingerprint density at radius 3 is 2.48 bits per heavy atom. The summed E-state index contributed by atoms with van der Waals surface area (Å²) in [5, 5.41) is 5.01. The van der Waals surface area contributed by atoms with Crippen molar-refractivity contribution in [2.75, 3.05) is 14.1 Å². The Morgan fingerprint density at radius 1 is 1.24 bits per heavy atom. The van der Waals surface area contributed by atoms with E-state index in [4.69, 9.17) is 5.73 Å². The molecule has 0 aliphatic carbocycles. The number of hydrogen-bond donors (Lipinski definition) is 2. The fourth-order valence-corrected chi connectivity index (χ4v) is 2.13. The molecule has 1 unspecified atom stereocenters. The Bertz CT molecular complexity index is 600. The first-order valence-corrected chi connectivity index (χ1v) is 6.55. The highest BCUT2D eigenvalue weighted by molar-refractivity contribution is 6.02. The molecule has 2 rings (SSSR count). The minimum Gasteiger partial charge on any atom is -0.339 e. The Labute approximate surface area is 122 Å². The van der Waals surface area contributed by atoms with E-state index in [9.17, 15) is 14.4 Å². The zero-order valence-corrected chi connectivity index (χ0v) is 12.2. The van der Waals surface area contributed by atoms with Crippen molar-refractivity contribution >= 4 is 17.7 Å². The van der Waals surface area contributed by atoms with Gasteiger partial charge < -0.3 is 11.1 Å². The van der Waals surface area contributed by atoms with Gasteiger partial charge in [0, 0.05) is 19.7 Å². The van der Waals surface area contributed by atoms with E-state index >= 15 is 0 Å². The first kappa shape index (κ1) is 15.0. The lowest BCUT2D eigenvalue weighted by Crippen LogP contribution is -2.49. The van der Waals surface area contributed by atoms with Gasteiger partial charge in [0.15, 0.2) is 0 Å². The molecule has 3 amide bonds. The molecule has 0 aromatic heterocycles. The van der Waals surface area contributed by atoms with Crippen molar-refractivity contribution in [3.8, 4) is 0 Å². The van der Waals surface area contributed by atoms with Crippen molar-refractivity contribution in [3.05, 3.63) is 35.4 Å². The lowest BCUT2D eigenvalue weighted by atomic mass is 9.99. The van der Waals surface area contributed by atoms with Crippen LogP contribution in [0.15, 0.2) is 24.3 Å². The maximum absolute atomic E-state index is 12.5. The summed E-state index contributed by atoms with van der Waals surface area (Å²) in [6.07, 6.45) is 0. The number of carbonyl (C=O) groups is 3. The lowest BCUT2D eigenvalue weighted by Gasteiger charge is -2.28. The van der Waals surface area contributed by atoms with E-state index in [1.165, 1.54) is 31.0 Å². The third-order valence-corrected chi connectivity index (χ3v) is 3.51. The van der Waals surface area contributed by atoms with E-state index in [0.717, 1.165) is 0 Å². The van der Waals surface area contributed by atoms with Crippen molar-refractivity contribution in [3.63, 3.8) is 0 Å². The molecule has 0 fully saturated rings. The number of fused-ring (bicyclic) bond motifs is 1. The number of benzene rings is 1. The van der Waals surface area contributed by atoms with Crippen LogP contribution in [0.5, 0.6) is 0 Å². The van der Waals surface area contributed by atoms with Gasteiger partial charge in [-0.05, 0) is 18.6 Å². The van der Waals surface area contributed by atoms with Crippen molar-refractivity contribution in [1.29, 1.82) is 0 Å². The van der Waals surface area contributed by atoms with E-state index in [2.05, 4.69) is 5.32 Å². The van der Waals surface area contributed by atoms with Crippen LogP contribution in [0.3, 0.4) is 0 Å². The molecule has 1 aromatic carbocycles. The van der Waals surface area contributed by atoms with Crippen LogP contribution in [0.25, 0.3) is 0 Å². The van der Waals surface area contributed by atoms with Gasteiger partial charge in [-0.25, -0.2) is 0 Å². The SMILES string of the molecule is C[C@H](N)C(=O)NC1C(=O)N(C)N(C)C(=O)c2ccccc21. The molecule has 3 N–H and O–H groups in total. The number of hydrogen-bond acceptors (Lipinski definition) is 4. The molecular weight excluding hydrogens is 272 g/mol. The highest BCUT2D eigenvalue weighted by Crippen LogP contribution is 2.25. The zero-order chi connectivity index (χ0) is 15.7. The maximum atomic E-state index is 12.5. The van der Waals surface area contributed by atoms with E-state index in [1.807, 2.05) is 0 Å². The average Bonchev–Trinajstić information content (AvgIpc) is 2.54. The van der Waals surface area contributed by atoms with Gasteiger partial charge in [0.05, 0.1) is 6.04 Å². The largest absolute Gasteiger partial charge is 0.339 e. The number of nitrogens with one attached hydrogen (secondary N) is 1. The molecular formula is C14H18N4O3. The van der Waals surface area contributed by atoms with Crippen molar-refractivity contribution in [2.24, 2.45) is 5.73 Å². The Balaban J connectivity index is 2.51. The minimum absolute atomic E-state index is 0.306. The highest BCUT2D eigenvalue weighted by Gasteiger charge is 2.36. The van der Waals surface area contributed by atoms with Crippen molar-refractivity contribution in [2.45, 2.75) is 19.0 Å². The number of amides is 3. The van der Waals surface area contributed by atoms with Crippen LogP contribution in [0, 0.1) is 0 Å². The highest BCUT2D eigenvalue weighted by atomic mass is 16.2. The molecule has 0 saturated carbocycles. The Morgan fingerprint density at radius 2 is 1.86 bits per heavy atom. The quantitative estimate of drug-likeness (QED) is 0.778. The molecule has 0 saturated heterocycles. The van der Waals surface area contributed by atoms with Crippen LogP contribution < -0.4 is 11.1 Å². The maximum Gasteiger partial charge on any atom is 0.272 e. The molecule has 1 aromatic rings. The molecule has 0 bridgehead atoms. The minimum atomic E-state index is -0.932. The summed E-state index contributed by atoms with van der Waals surface area (Å²) in [5.41, 5.74) is 6.38. The van der Waals surface area contributed by atoms with Crippen LogP contribution >= 0.6 is 0 Å². The summed E-state index contributed by atoms with van der Waals surface area (Å²) in [6.45, 7) is 1.53. The van der Waals surface area contributed by atoms with Gasteiger partial charge in [0.2, 0.25) is 5.91 Å². The van der Waals surface area contributed by atoms with Gasteiger partial charge in [-0.15, -0.1) is 0 Å². The molecule has 1 aliphatic heterocycles. The predicted molar refractivity (Wildman–Crippen MR) is 75.8 cm³/mol. The van der Waals surface area contributed by atoms with Crippen LogP contribution in [0.4, 0.5) is 0 Å². The summed E-state index contributed by atoms with van der Waals surface area (Å²) >= 11 is 0. The second-order valence-corrected chi connectivity index (χ2v) is 5.01.